The maximum Gasteiger partial charge on any atom is 0.0453 e. The van der Waals surface area contributed by atoms with E-state index in [0.29, 0.717) is 0 Å². The molecule has 0 bridgehead atoms. The summed E-state index contributed by atoms with van der Waals surface area (Å²) in [5.41, 5.74) is 1.21. The van der Waals surface area contributed by atoms with E-state index in [1.807, 2.05) is 42.9 Å². The number of hydrogen-bond donors (Lipinski definition) is 2. The number of fused-ring (bicyclic) bond motifs is 1. The summed E-state index contributed by atoms with van der Waals surface area (Å²) in [5, 5.41) is 1.28. The van der Waals surface area contributed by atoms with Crippen LogP contribution in [0.15, 0.2) is 61.1 Å². The molecule has 0 aliphatic carbocycles. The quantitative estimate of drug-likeness (QED) is 0.539. The minimum absolute atomic E-state index is 0. The molecule has 0 atom stereocenters. The topological polar surface area (TPSA) is 31.6 Å². The first-order valence-electron chi connectivity index (χ1n) is 4.57. The molecule has 0 spiro atoms. The fourth-order valence-electron chi connectivity index (χ4n) is 1.27. The van der Waals surface area contributed by atoms with Crippen LogP contribution < -0.4 is 0 Å². The molecule has 2 nitrogen and oxygen atoms in total. The fraction of sp³-hybridized carbons (Fsp3) is 0. The lowest BCUT2D eigenvalue weighted by Gasteiger charge is -1.83. The number of rotatable bonds is 0. The molecule has 3 aromatic rings. The van der Waals surface area contributed by atoms with Gasteiger partial charge in [-0.3, -0.25) is 0 Å². The van der Waals surface area contributed by atoms with E-state index in [4.69, 9.17) is 0 Å². The molecule has 0 saturated carbocycles. The Morgan fingerprint density at radius 1 is 0.786 bits per heavy atom. The molecular formula is C12H16N2. The van der Waals surface area contributed by atoms with Crippen molar-refractivity contribution < 1.29 is 2.85 Å². The highest BCUT2D eigenvalue weighted by molar-refractivity contribution is 5.78. The molecule has 2 heterocycles. The molecule has 14 heavy (non-hydrogen) atoms. The van der Waals surface area contributed by atoms with Gasteiger partial charge in [-0.25, -0.2) is 0 Å². The van der Waals surface area contributed by atoms with Gasteiger partial charge in [-0.05, 0) is 29.7 Å². The zero-order valence-electron chi connectivity index (χ0n) is 7.77. The Hall–Kier alpha value is -1.96. The van der Waals surface area contributed by atoms with Gasteiger partial charge in [-0.1, -0.05) is 18.2 Å². The Morgan fingerprint density at radius 2 is 1.57 bits per heavy atom. The standard InChI is InChI=1S/C8H7N.C4H5N.2H2/c1-2-4-8-7(3-1)5-6-9-8;1-2-4-5-3-1;;/h1-6,9H;1-5H;2*1H. The van der Waals surface area contributed by atoms with Crippen molar-refractivity contribution in [1.82, 2.24) is 9.97 Å². The summed E-state index contributed by atoms with van der Waals surface area (Å²) in [7, 11) is 0. The predicted molar refractivity (Wildman–Crippen MR) is 63.3 cm³/mol. The van der Waals surface area contributed by atoms with Crippen LogP contribution in [0.3, 0.4) is 0 Å². The molecule has 2 aromatic heterocycles. The Labute approximate surface area is 85.6 Å². The fourth-order valence-corrected chi connectivity index (χ4v) is 1.27. The highest BCUT2D eigenvalue weighted by Gasteiger charge is 1.86. The van der Waals surface area contributed by atoms with Gasteiger partial charge in [-0.15, -0.1) is 0 Å². The summed E-state index contributed by atoms with van der Waals surface area (Å²) in [5.74, 6) is 0. The first kappa shape index (κ1) is 8.63. The molecule has 0 aliphatic rings. The van der Waals surface area contributed by atoms with Crippen LogP contribution in [0.1, 0.15) is 2.85 Å². The average Bonchev–Trinajstić information content (AvgIpc) is 2.92. The Bertz CT molecular complexity index is 427. The van der Waals surface area contributed by atoms with Gasteiger partial charge in [0.05, 0.1) is 0 Å². The molecule has 0 unspecified atom stereocenters. The lowest BCUT2D eigenvalue weighted by molar-refractivity contribution is 1.42. The van der Waals surface area contributed by atoms with Crippen molar-refractivity contribution >= 4 is 10.9 Å². The maximum atomic E-state index is 3.12. The first-order chi connectivity index (χ1) is 6.97. The molecular weight excluding hydrogens is 172 g/mol. The van der Waals surface area contributed by atoms with E-state index in [0.717, 1.165) is 0 Å². The molecule has 2 N–H and O–H groups in total. The van der Waals surface area contributed by atoms with E-state index >= 15 is 0 Å². The molecule has 0 saturated heterocycles. The molecule has 74 valence electrons. The van der Waals surface area contributed by atoms with Gasteiger partial charge in [0.15, 0.2) is 0 Å². The molecule has 0 fully saturated rings. The molecule has 0 aliphatic heterocycles. The number of hydrogen-bond acceptors (Lipinski definition) is 0. The lowest BCUT2D eigenvalue weighted by Crippen LogP contribution is -1.61. The molecule has 2 heteroatoms. The maximum absolute atomic E-state index is 3.12. The lowest BCUT2D eigenvalue weighted by atomic mass is 10.3. The smallest absolute Gasteiger partial charge is 0.0453 e. The zero-order chi connectivity index (χ0) is 9.64. The van der Waals surface area contributed by atoms with E-state index in [9.17, 15) is 0 Å². The SMILES string of the molecule is [HH].[HH].c1cc[nH]c1.c1ccc2[nH]ccc2c1. The number of nitrogens with one attached hydrogen (secondary N) is 2. The van der Waals surface area contributed by atoms with E-state index in [2.05, 4.69) is 28.2 Å². The van der Waals surface area contributed by atoms with Crippen LogP contribution in [0.25, 0.3) is 10.9 Å². The van der Waals surface area contributed by atoms with Gasteiger partial charge >= 0.3 is 0 Å². The van der Waals surface area contributed by atoms with Crippen LogP contribution in [0.5, 0.6) is 0 Å². The third-order valence-electron chi connectivity index (χ3n) is 1.96. The number of benzene rings is 1. The van der Waals surface area contributed by atoms with Crippen LogP contribution in [-0.2, 0) is 0 Å². The largest absolute Gasteiger partial charge is 0.368 e. The second-order valence-electron chi connectivity index (χ2n) is 2.95. The van der Waals surface area contributed by atoms with E-state index in [1.54, 1.807) is 0 Å². The van der Waals surface area contributed by atoms with Gasteiger partial charge in [0, 0.05) is 27.0 Å². The second kappa shape index (κ2) is 4.33. The number of aromatic amines is 2. The Balaban J connectivity index is 0.000000282. The van der Waals surface area contributed by atoms with Crippen molar-refractivity contribution in [3.8, 4) is 0 Å². The minimum Gasteiger partial charge on any atom is -0.368 e. The van der Waals surface area contributed by atoms with E-state index < -0.39 is 0 Å². The summed E-state index contributed by atoms with van der Waals surface area (Å²) < 4.78 is 0. The van der Waals surface area contributed by atoms with Crippen LogP contribution in [0, 0.1) is 0 Å². The van der Waals surface area contributed by atoms with Crippen LogP contribution in [0.2, 0.25) is 0 Å². The van der Waals surface area contributed by atoms with Crippen molar-refractivity contribution in [1.29, 1.82) is 0 Å². The van der Waals surface area contributed by atoms with Gasteiger partial charge in [0.25, 0.3) is 0 Å². The number of para-hydroxylation sites is 1. The summed E-state index contributed by atoms with van der Waals surface area (Å²) >= 11 is 0. The third kappa shape index (κ3) is 2.04. The Morgan fingerprint density at radius 3 is 2.21 bits per heavy atom. The normalized spacial score (nSPS) is 9.43. The van der Waals surface area contributed by atoms with Crippen molar-refractivity contribution in [2.24, 2.45) is 0 Å². The summed E-state index contributed by atoms with van der Waals surface area (Å²) in [4.78, 5) is 5.98. The second-order valence-corrected chi connectivity index (χ2v) is 2.95. The first-order valence-corrected chi connectivity index (χ1v) is 4.57. The van der Waals surface area contributed by atoms with Crippen molar-refractivity contribution in [3.05, 3.63) is 61.1 Å². The number of H-pyrrole nitrogens is 2. The van der Waals surface area contributed by atoms with Crippen molar-refractivity contribution in [2.45, 2.75) is 0 Å². The third-order valence-corrected chi connectivity index (χ3v) is 1.96. The highest BCUT2D eigenvalue weighted by Crippen LogP contribution is 2.09. The van der Waals surface area contributed by atoms with Gasteiger partial charge < -0.3 is 9.97 Å². The zero-order valence-corrected chi connectivity index (χ0v) is 7.77. The van der Waals surface area contributed by atoms with E-state index in [1.165, 1.54) is 10.9 Å². The van der Waals surface area contributed by atoms with Crippen LogP contribution in [-0.4, -0.2) is 9.97 Å². The minimum atomic E-state index is 0. The van der Waals surface area contributed by atoms with Crippen LogP contribution in [0.4, 0.5) is 0 Å². The molecule has 0 radical (unpaired) electrons. The predicted octanol–water partition coefficient (Wildman–Crippen LogP) is 3.67. The van der Waals surface area contributed by atoms with Gasteiger partial charge in [0.1, 0.15) is 0 Å². The average molecular weight is 188 g/mol. The van der Waals surface area contributed by atoms with Gasteiger partial charge in [-0.2, -0.15) is 0 Å². The summed E-state index contributed by atoms with van der Waals surface area (Å²) in [6, 6.07) is 14.2. The Kier molecular flexibility index (Phi) is 2.67. The van der Waals surface area contributed by atoms with E-state index in [-0.39, 0.29) is 2.85 Å². The van der Waals surface area contributed by atoms with Gasteiger partial charge in [0.2, 0.25) is 0 Å². The van der Waals surface area contributed by atoms with Crippen molar-refractivity contribution in [3.63, 3.8) is 0 Å². The molecule has 0 amide bonds. The monoisotopic (exact) mass is 188 g/mol. The summed E-state index contributed by atoms with van der Waals surface area (Å²) in [6.07, 6.45) is 5.70. The highest BCUT2D eigenvalue weighted by atomic mass is 14.7. The summed E-state index contributed by atoms with van der Waals surface area (Å²) in [6.45, 7) is 0. The van der Waals surface area contributed by atoms with Crippen molar-refractivity contribution in [2.75, 3.05) is 0 Å². The molecule has 3 rings (SSSR count). The molecule has 1 aromatic carbocycles. The number of aromatic nitrogens is 2. The van der Waals surface area contributed by atoms with Crippen LogP contribution >= 0.6 is 0 Å².